The van der Waals surface area contributed by atoms with Gasteiger partial charge in [-0.2, -0.15) is 0 Å². The van der Waals surface area contributed by atoms with E-state index >= 15 is 0 Å². The van der Waals surface area contributed by atoms with Gasteiger partial charge in [-0.25, -0.2) is 4.98 Å². The van der Waals surface area contributed by atoms with Crippen LogP contribution < -0.4 is 5.32 Å². The van der Waals surface area contributed by atoms with Crippen LogP contribution >= 0.6 is 0 Å². The molecule has 1 saturated carbocycles. The van der Waals surface area contributed by atoms with E-state index in [0.717, 1.165) is 11.6 Å². The molecule has 0 radical (unpaired) electrons. The van der Waals surface area contributed by atoms with E-state index in [1.807, 2.05) is 6.20 Å². The summed E-state index contributed by atoms with van der Waals surface area (Å²) in [7, 11) is 0. The molecule has 1 fully saturated rings. The smallest absolute Gasteiger partial charge is 0.207 e. The fourth-order valence-corrected chi connectivity index (χ4v) is 2.97. The second-order valence-electron chi connectivity index (χ2n) is 6.00. The summed E-state index contributed by atoms with van der Waals surface area (Å²) in [6.07, 6.45) is 9.22. The number of nitrogens with zero attached hydrogens (tertiary/aromatic N) is 2. The number of rotatable bonds is 4. The van der Waals surface area contributed by atoms with Crippen molar-refractivity contribution in [1.82, 2.24) is 9.55 Å². The Morgan fingerprint density at radius 1 is 1.15 bits per heavy atom. The molecule has 1 heterocycles. The molecule has 0 bridgehead atoms. The number of benzene rings is 1. The van der Waals surface area contributed by atoms with Gasteiger partial charge in [-0.1, -0.05) is 38.8 Å². The van der Waals surface area contributed by atoms with Crippen molar-refractivity contribution in [3.8, 4) is 0 Å². The molecule has 1 aliphatic carbocycles. The first-order chi connectivity index (χ1) is 9.74. The average Bonchev–Trinajstić information content (AvgIpc) is 3.09. The van der Waals surface area contributed by atoms with Crippen molar-refractivity contribution in [2.75, 3.05) is 5.32 Å². The molecule has 3 rings (SSSR count). The van der Waals surface area contributed by atoms with Crippen molar-refractivity contribution in [2.45, 2.75) is 51.5 Å². The molecule has 0 amide bonds. The monoisotopic (exact) mass is 269 g/mol. The lowest BCUT2D eigenvalue weighted by Gasteiger charge is -2.16. The predicted octanol–water partition coefficient (Wildman–Crippen LogP) is 4.87. The van der Waals surface area contributed by atoms with Gasteiger partial charge >= 0.3 is 0 Å². The van der Waals surface area contributed by atoms with Crippen LogP contribution in [0.5, 0.6) is 0 Å². The van der Waals surface area contributed by atoms with Gasteiger partial charge in [-0.3, -0.25) is 0 Å². The van der Waals surface area contributed by atoms with Gasteiger partial charge in [0.05, 0.1) is 0 Å². The molecule has 1 aromatic carbocycles. The third-order valence-corrected chi connectivity index (χ3v) is 4.22. The molecule has 0 saturated heterocycles. The Morgan fingerprint density at radius 3 is 2.50 bits per heavy atom. The molecule has 1 aliphatic rings. The first-order valence-corrected chi connectivity index (χ1v) is 7.64. The van der Waals surface area contributed by atoms with Crippen molar-refractivity contribution in [3.63, 3.8) is 0 Å². The summed E-state index contributed by atoms with van der Waals surface area (Å²) in [5, 5.41) is 3.45. The highest BCUT2D eigenvalue weighted by molar-refractivity contribution is 5.54. The molecule has 1 aromatic heterocycles. The third-order valence-electron chi connectivity index (χ3n) is 4.22. The van der Waals surface area contributed by atoms with Crippen LogP contribution in [0.2, 0.25) is 0 Å². The number of aromatic nitrogens is 2. The number of hydrogen-bond donors (Lipinski definition) is 1. The van der Waals surface area contributed by atoms with E-state index in [0.29, 0.717) is 12.0 Å². The van der Waals surface area contributed by atoms with Gasteiger partial charge in [0, 0.05) is 24.1 Å². The van der Waals surface area contributed by atoms with Crippen molar-refractivity contribution in [3.05, 3.63) is 42.2 Å². The zero-order valence-corrected chi connectivity index (χ0v) is 12.3. The van der Waals surface area contributed by atoms with E-state index in [-0.39, 0.29) is 0 Å². The minimum absolute atomic E-state index is 0.574. The molecule has 3 nitrogen and oxygen atoms in total. The molecular formula is C17H23N3. The summed E-state index contributed by atoms with van der Waals surface area (Å²) in [4.78, 5) is 4.47. The highest BCUT2D eigenvalue weighted by Crippen LogP contribution is 2.32. The van der Waals surface area contributed by atoms with Crippen LogP contribution in [0, 0.1) is 0 Å². The maximum atomic E-state index is 4.47. The van der Waals surface area contributed by atoms with Crippen molar-refractivity contribution >= 4 is 11.6 Å². The summed E-state index contributed by atoms with van der Waals surface area (Å²) in [5.41, 5.74) is 2.48. The first-order valence-electron chi connectivity index (χ1n) is 7.64. The van der Waals surface area contributed by atoms with E-state index in [1.54, 1.807) is 0 Å². The molecule has 106 valence electrons. The number of anilines is 2. The fourth-order valence-electron chi connectivity index (χ4n) is 2.97. The second kappa shape index (κ2) is 5.70. The van der Waals surface area contributed by atoms with Crippen molar-refractivity contribution < 1.29 is 0 Å². The Labute approximate surface area is 121 Å². The molecule has 1 N–H and O–H groups in total. The van der Waals surface area contributed by atoms with Gasteiger partial charge in [0.25, 0.3) is 0 Å². The number of hydrogen-bond acceptors (Lipinski definition) is 2. The Balaban J connectivity index is 1.76. The van der Waals surface area contributed by atoms with Crippen LogP contribution in [0.4, 0.5) is 11.6 Å². The van der Waals surface area contributed by atoms with Crippen molar-refractivity contribution in [1.29, 1.82) is 0 Å². The van der Waals surface area contributed by atoms with Gasteiger partial charge in [-0.05, 0) is 36.5 Å². The predicted molar refractivity (Wildman–Crippen MR) is 83.5 cm³/mol. The zero-order chi connectivity index (χ0) is 13.9. The lowest BCUT2D eigenvalue weighted by molar-refractivity contribution is 0.525. The van der Waals surface area contributed by atoms with Crippen LogP contribution in [0.3, 0.4) is 0 Å². The maximum absolute atomic E-state index is 4.47. The summed E-state index contributed by atoms with van der Waals surface area (Å²) in [6.45, 7) is 4.43. The fraction of sp³-hybridized carbons (Fsp3) is 0.471. The summed E-state index contributed by atoms with van der Waals surface area (Å²) in [5.74, 6) is 1.54. The normalized spacial score (nSPS) is 15.9. The van der Waals surface area contributed by atoms with Crippen LogP contribution in [-0.2, 0) is 0 Å². The molecule has 0 unspecified atom stereocenters. The largest absolute Gasteiger partial charge is 0.326 e. The lowest BCUT2D eigenvalue weighted by Crippen LogP contribution is -2.07. The summed E-state index contributed by atoms with van der Waals surface area (Å²) in [6, 6.07) is 9.28. The average molecular weight is 269 g/mol. The van der Waals surface area contributed by atoms with Crippen LogP contribution in [0.25, 0.3) is 0 Å². The minimum atomic E-state index is 0.574. The standard InChI is InChI=1S/C17H23N3/c1-13(2)14-7-9-15(10-8-14)19-17-18-11-12-20(17)16-5-3-4-6-16/h7-13,16H,3-6H2,1-2H3,(H,18,19). The Hall–Kier alpha value is -1.77. The number of imidazole rings is 1. The van der Waals surface area contributed by atoms with E-state index in [9.17, 15) is 0 Å². The highest BCUT2D eigenvalue weighted by atomic mass is 15.2. The molecule has 2 aromatic rings. The third kappa shape index (κ3) is 2.72. The molecule has 3 heteroatoms. The van der Waals surface area contributed by atoms with Crippen LogP contribution in [0.15, 0.2) is 36.7 Å². The van der Waals surface area contributed by atoms with Gasteiger partial charge in [0.1, 0.15) is 0 Å². The molecule has 0 atom stereocenters. The van der Waals surface area contributed by atoms with Gasteiger partial charge in [0.2, 0.25) is 5.95 Å². The Bertz CT molecular complexity index is 548. The molecule has 0 spiro atoms. The summed E-state index contributed by atoms with van der Waals surface area (Å²) < 4.78 is 2.29. The lowest BCUT2D eigenvalue weighted by atomic mass is 10.0. The van der Waals surface area contributed by atoms with Crippen molar-refractivity contribution in [2.24, 2.45) is 0 Å². The van der Waals surface area contributed by atoms with E-state index < -0.39 is 0 Å². The molecule has 0 aliphatic heterocycles. The van der Waals surface area contributed by atoms with E-state index in [1.165, 1.54) is 31.2 Å². The maximum Gasteiger partial charge on any atom is 0.207 e. The van der Waals surface area contributed by atoms with Crippen LogP contribution in [0.1, 0.15) is 57.1 Å². The Kier molecular flexibility index (Phi) is 3.77. The topological polar surface area (TPSA) is 29.9 Å². The summed E-state index contributed by atoms with van der Waals surface area (Å²) >= 11 is 0. The molecular weight excluding hydrogens is 246 g/mol. The van der Waals surface area contributed by atoms with Gasteiger partial charge in [0.15, 0.2) is 0 Å². The van der Waals surface area contributed by atoms with Crippen LogP contribution in [-0.4, -0.2) is 9.55 Å². The Morgan fingerprint density at radius 2 is 1.85 bits per heavy atom. The highest BCUT2D eigenvalue weighted by Gasteiger charge is 2.19. The van der Waals surface area contributed by atoms with E-state index in [2.05, 4.69) is 59.2 Å². The quantitative estimate of drug-likeness (QED) is 0.858. The van der Waals surface area contributed by atoms with Gasteiger partial charge < -0.3 is 9.88 Å². The molecule has 20 heavy (non-hydrogen) atoms. The second-order valence-corrected chi connectivity index (χ2v) is 6.00. The minimum Gasteiger partial charge on any atom is -0.326 e. The zero-order valence-electron chi connectivity index (χ0n) is 12.3. The first kappa shape index (κ1) is 13.2. The SMILES string of the molecule is CC(C)c1ccc(Nc2nccn2C2CCCC2)cc1. The number of nitrogens with one attached hydrogen (secondary N) is 1. The van der Waals surface area contributed by atoms with E-state index in [4.69, 9.17) is 0 Å². The van der Waals surface area contributed by atoms with Gasteiger partial charge in [-0.15, -0.1) is 0 Å².